The van der Waals surface area contributed by atoms with Gasteiger partial charge in [-0.2, -0.15) is 0 Å². The maximum Gasteiger partial charge on any atom is 0.318 e. The first kappa shape index (κ1) is 27.6. The second kappa shape index (κ2) is 15.4. The van der Waals surface area contributed by atoms with Crippen LogP contribution in [0.1, 0.15) is 12.8 Å². The molecule has 4 amide bonds. The molecule has 0 aromatic carbocycles. The summed E-state index contributed by atoms with van der Waals surface area (Å²) in [6, 6.07) is -1.52. The first-order valence-electron chi connectivity index (χ1n) is 8.24. The van der Waals surface area contributed by atoms with E-state index in [9.17, 15) is 14.4 Å². The van der Waals surface area contributed by atoms with E-state index in [2.05, 4.69) is 26.3 Å². The molecule has 0 fully saturated rings. The minimum Gasteiger partial charge on any atom is -0.351 e. The lowest BCUT2D eigenvalue weighted by atomic mass is 10.2. The topological polar surface area (TPSA) is 167 Å². The highest BCUT2D eigenvalue weighted by atomic mass is 35.5. The van der Waals surface area contributed by atoms with Gasteiger partial charge in [-0.25, -0.2) is 9.79 Å². The maximum atomic E-state index is 12.2. The van der Waals surface area contributed by atoms with Crippen LogP contribution in [0.15, 0.2) is 4.99 Å². The Morgan fingerprint density at radius 1 is 1.22 bits per heavy atom. The van der Waals surface area contributed by atoms with Gasteiger partial charge >= 0.3 is 6.03 Å². The molecule has 8 N–H and O–H groups in total. The quantitative estimate of drug-likeness (QED) is 0.214. The molecule has 0 aliphatic carbocycles. The van der Waals surface area contributed by atoms with Gasteiger partial charge in [0, 0.05) is 33.1 Å². The number of carbonyl (C=O) groups is 3. The Balaban J connectivity index is 0. The fraction of sp³-hybridized carbons (Fsp3) is 0.714. The van der Waals surface area contributed by atoms with E-state index in [1.807, 2.05) is 0 Å². The first-order valence-corrected chi connectivity index (χ1v) is 8.24. The van der Waals surface area contributed by atoms with Gasteiger partial charge in [-0.3, -0.25) is 20.2 Å². The van der Waals surface area contributed by atoms with Crippen molar-refractivity contribution in [2.24, 2.45) is 16.5 Å². The van der Waals surface area contributed by atoms with Crippen LogP contribution >= 0.6 is 24.8 Å². The van der Waals surface area contributed by atoms with Crippen LogP contribution in [0.5, 0.6) is 0 Å². The molecule has 11 nitrogen and oxygen atoms in total. The summed E-state index contributed by atoms with van der Waals surface area (Å²) in [6.45, 7) is 3.69. The van der Waals surface area contributed by atoms with Crippen molar-refractivity contribution in [1.29, 1.82) is 0 Å². The largest absolute Gasteiger partial charge is 0.351 e. The van der Waals surface area contributed by atoms with Crippen LogP contribution in [0, 0.1) is 0 Å². The normalized spacial score (nSPS) is 15.6. The molecule has 1 aliphatic heterocycles. The van der Waals surface area contributed by atoms with E-state index in [0.717, 1.165) is 26.1 Å². The lowest BCUT2D eigenvalue weighted by molar-refractivity contribution is -0.138. The number of hydrogen-bond donors (Lipinski definition) is 6. The van der Waals surface area contributed by atoms with Gasteiger partial charge in [-0.1, -0.05) is 0 Å². The zero-order chi connectivity index (χ0) is 18.7. The van der Waals surface area contributed by atoms with Crippen LogP contribution in [-0.4, -0.2) is 81.1 Å². The molecule has 1 unspecified atom stereocenters. The van der Waals surface area contributed by atoms with E-state index in [1.54, 1.807) is 7.05 Å². The zero-order valence-electron chi connectivity index (χ0n) is 15.3. The average Bonchev–Trinajstić information content (AvgIpc) is 2.56. The third-order valence-corrected chi connectivity index (χ3v) is 3.61. The van der Waals surface area contributed by atoms with E-state index < -0.39 is 18.0 Å². The molecule has 1 atom stereocenters. The summed E-state index contributed by atoms with van der Waals surface area (Å²) in [7, 11) is 1.56. The number of halogens is 2. The van der Waals surface area contributed by atoms with Gasteiger partial charge in [0.25, 0.3) is 5.91 Å². The van der Waals surface area contributed by atoms with Gasteiger partial charge in [0.1, 0.15) is 6.04 Å². The number of nitrogens with one attached hydrogen (secondary N) is 4. The predicted molar refractivity (Wildman–Crippen MR) is 108 cm³/mol. The molecule has 1 rings (SSSR count). The Morgan fingerprint density at radius 2 is 1.85 bits per heavy atom. The molecule has 0 bridgehead atoms. The Labute approximate surface area is 171 Å². The number of amides is 4. The van der Waals surface area contributed by atoms with Gasteiger partial charge in [-0.05, 0) is 19.5 Å². The third kappa shape index (κ3) is 10.9. The van der Waals surface area contributed by atoms with E-state index >= 15 is 0 Å². The number of nitrogens with zero attached hydrogens (tertiary/aromatic N) is 2. The predicted octanol–water partition coefficient (Wildman–Crippen LogP) is -2.27. The smallest absolute Gasteiger partial charge is 0.318 e. The molecule has 13 heteroatoms. The molecule has 0 saturated heterocycles. The maximum absolute atomic E-state index is 12.2. The number of likely N-dealkylation sites (N-methyl/N-ethyl adjacent to an activating group) is 1. The van der Waals surface area contributed by atoms with Crippen molar-refractivity contribution < 1.29 is 14.4 Å². The Hall–Kier alpha value is -1.66. The average molecular weight is 429 g/mol. The number of rotatable bonds is 10. The van der Waals surface area contributed by atoms with E-state index in [0.29, 0.717) is 13.1 Å². The molecule has 0 spiro atoms. The first-order chi connectivity index (χ1) is 12.0. The van der Waals surface area contributed by atoms with Crippen LogP contribution in [0.2, 0.25) is 0 Å². The second-order valence-corrected chi connectivity index (χ2v) is 5.58. The summed E-state index contributed by atoms with van der Waals surface area (Å²) in [4.78, 5) is 40.3. The summed E-state index contributed by atoms with van der Waals surface area (Å²) >= 11 is 0. The SMILES string of the molecule is CN(C(=O)CCNCCCNCCN)C1CN=C(NC(N)=O)NC1=O.Cl.Cl. The summed E-state index contributed by atoms with van der Waals surface area (Å²) in [5.74, 6) is -0.566. The Bertz CT molecular complexity index is 507. The van der Waals surface area contributed by atoms with Gasteiger partial charge < -0.3 is 27.0 Å². The van der Waals surface area contributed by atoms with Crippen LogP contribution in [0.4, 0.5) is 4.79 Å². The number of urea groups is 1. The standard InChI is InChI=1S/C14H28N8O3.2ClH/c1-22(10-9-19-14(20-12(10)24)21-13(16)25)11(23)3-7-17-5-2-6-18-8-4-15;;/h10,17-18H,2-9,15H2,1H3,(H4,16,19,20,21,24,25);2*1H. The number of hydrogen-bond acceptors (Lipinski definition) is 7. The zero-order valence-corrected chi connectivity index (χ0v) is 17.0. The van der Waals surface area contributed by atoms with Crippen molar-refractivity contribution in [2.75, 3.05) is 46.3 Å². The highest BCUT2D eigenvalue weighted by Gasteiger charge is 2.30. The van der Waals surface area contributed by atoms with Crippen LogP contribution in [0.25, 0.3) is 0 Å². The fourth-order valence-electron chi connectivity index (χ4n) is 2.22. The number of nitrogens with two attached hydrogens (primary N) is 2. The molecule has 0 aromatic rings. The monoisotopic (exact) mass is 428 g/mol. The van der Waals surface area contributed by atoms with Crippen LogP contribution in [-0.2, 0) is 9.59 Å². The Kier molecular flexibility index (Phi) is 15.7. The lowest BCUT2D eigenvalue weighted by Crippen LogP contribution is -2.58. The van der Waals surface area contributed by atoms with Crippen molar-refractivity contribution in [3.05, 3.63) is 0 Å². The van der Waals surface area contributed by atoms with Gasteiger partial charge in [0.05, 0.1) is 6.54 Å². The van der Waals surface area contributed by atoms with Crippen LogP contribution in [0.3, 0.4) is 0 Å². The minimum absolute atomic E-state index is 0. The summed E-state index contributed by atoms with van der Waals surface area (Å²) in [5.41, 5.74) is 10.3. The molecule has 0 aromatic heterocycles. The van der Waals surface area contributed by atoms with Gasteiger partial charge in [-0.15, -0.1) is 24.8 Å². The molecule has 0 radical (unpaired) electrons. The van der Waals surface area contributed by atoms with Crippen molar-refractivity contribution in [2.45, 2.75) is 18.9 Å². The molecule has 27 heavy (non-hydrogen) atoms. The van der Waals surface area contributed by atoms with Crippen molar-refractivity contribution in [3.8, 4) is 0 Å². The highest BCUT2D eigenvalue weighted by Crippen LogP contribution is 2.04. The summed E-state index contributed by atoms with van der Waals surface area (Å²) in [5, 5.41) is 11.0. The van der Waals surface area contributed by atoms with Crippen molar-refractivity contribution >= 4 is 48.6 Å². The van der Waals surface area contributed by atoms with Crippen molar-refractivity contribution in [1.82, 2.24) is 26.2 Å². The van der Waals surface area contributed by atoms with E-state index in [-0.39, 0.29) is 49.6 Å². The van der Waals surface area contributed by atoms with E-state index in [1.165, 1.54) is 4.90 Å². The van der Waals surface area contributed by atoms with Crippen molar-refractivity contribution in [3.63, 3.8) is 0 Å². The molecular formula is C14H30Cl2N8O3. The minimum atomic E-state index is -0.814. The molecule has 1 aliphatic rings. The molecule has 0 saturated carbocycles. The van der Waals surface area contributed by atoms with Gasteiger partial charge in [0.15, 0.2) is 0 Å². The molecular weight excluding hydrogens is 399 g/mol. The molecule has 1 heterocycles. The number of aliphatic imine (C=N–C) groups is 1. The number of primary amides is 1. The number of guanidine groups is 1. The number of carbonyl (C=O) groups excluding carboxylic acids is 3. The van der Waals surface area contributed by atoms with E-state index in [4.69, 9.17) is 11.5 Å². The summed E-state index contributed by atoms with van der Waals surface area (Å²) in [6.07, 6.45) is 1.23. The highest BCUT2D eigenvalue weighted by molar-refractivity contribution is 6.07. The lowest BCUT2D eigenvalue weighted by Gasteiger charge is -2.29. The third-order valence-electron chi connectivity index (χ3n) is 3.61. The summed E-state index contributed by atoms with van der Waals surface area (Å²) < 4.78 is 0. The Morgan fingerprint density at radius 3 is 2.41 bits per heavy atom. The molecule has 158 valence electrons. The second-order valence-electron chi connectivity index (χ2n) is 5.58. The van der Waals surface area contributed by atoms with Gasteiger partial charge in [0.2, 0.25) is 11.9 Å². The van der Waals surface area contributed by atoms with Crippen LogP contribution < -0.4 is 32.7 Å². The fourth-order valence-corrected chi connectivity index (χ4v) is 2.22.